The number of Topliss-reactive ketones (excluding diaryl/α,β-unsaturated/α-hetero) is 1. The Bertz CT molecular complexity index is 1020. The summed E-state index contributed by atoms with van der Waals surface area (Å²) in [6.45, 7) is 8.96. The molecule has 31 heavy (non-hydrogen) atoms. The second-order valence-corrected chi connectivity index (χ2v) is 9.86. The van der Waals surface area contributed by atoms with Gasteiger partial charge in [0.15, 0.2) is 5.16 Å². The number of carbonyl (C=O) groups is 1. The predicted molar refractivity (Wildman–Crippen MR) is 125 cm³/mol. The molecule has 4 rings (SSSR count). The van der Waals surface area contributed by atoms with Gasteiger partial charge in [0.2, 0.25) is 5.95 Å². The quantitative estimate of drug-likeness (QED) is 0.623. The van der Waals surface area contributed by atoms with Gasteiger partial charge in [0, 0.05) is 23.2 Å². The molecule has 0 unspecified atom stereocenters. The van der Waals surface area contributed by atoms with Crippen LogP contribution in [0.25, 0.3) is 0 Å². The van der Waals surface area contributed by atoms with Crippen molar-refractivity contribution in [1.29, 1.82) is 0 Å². The van der Waals surface area contributed by atoms with Gasteiger partial charge in [0.25, 0.3) is 0 Å². The third kappa shape index (κ3) is 5.79. The molecular formula is C24H29N5OS. The lowest BCUT2D eigenvalue weighted by Crippen LogP contribution is -2.12. The summed E-state index contributed by atoms with van der Waals surface area (Å²) in [5.41, 5.74) is 2.34. The first-order valence-electron chi connectivity index (χ1n) is 10.9. The lowest BCUT2D eigenvalue weighted by Gasteiger charge is -2.08. The molecular weight excluding hydrogens is 406 g/mol. The van der Waals surface area contributed by atoms with Crippen molar-refractivity contribution in [3.63, 3.8) is 0 Å². The highest BCUT2D eigenvalue weighted by atomic mass is 32.2. The third-order valence-electron chi connectivity index (χ3n) is 5.47. The van der Waals surface area contributed by atoms with Crippen molar-refractivity contribution in [2.24, 2.45) is 16.8 Å². The summed E-state index contributed by atoms with van der Waals surface area (Å²) < 4.78 is 0. The molecule has 6 nitrogen and oxygen atoms in total. The van der Waals surface area contributed by atoms with Crippen LogP contribution in [0.2, 0.25) is 0 Å². The Morgan fingerprint density at radius 3 is 2.45 bits per heavy atom. The van der Waals surface area contributed by atoms with Crippen molar-refractivity contribution in [3.05, 3.63) is 47.3 Å². The molecule has 0 radical (unpaired) electrons. The fourth-order valence-corrected chi connectivity index (χ4v) is 3.92. The van der Waals surface area contributed by atoms with Crippen molar-refractivity contribution in [3.8, 4) is 0 Å². The Balaban J connectivity index is 1.49. The maximum absolute atomic E-state index is 12.0. The maximum atomic E-state index is 12.0. The standard InChI is InChI=1S/C24H29N5OS/c1-14(2)18-12-21(25-13-18)26-23-27-22(17-7-8-17)28-24(29-23)31-19-9-5-16(6-10-19)11-20(30)15(3)4/h5-6,9-10,12,14-15,17H,7-8,11,13H2,1-4H3,(H,25,26,27,28,29). The van der Waals surface area contributed by atoms with Crippen LogP contribution in [-0.4, -0.2) is 33.1 Å². The van der Waals surface area contributed by atoms with Crippen LogP contribution in [0.5, 0.6) is 0 Å². The minimum absolute atomic E-state index is 0.0574. The van der Waals surface area contributed by atoms with Crippen LogP contribution in [0.4, 0.5) is 5.95 Å². The van der Waals surface area contributed by atoms with E-state index in [1.54, 1.807) is 0 Å². The van der Waals surface area contributed by atoms with E-state index >= 15 is 0 Å². The monoisotopic (exact) mass is 435 g/mol. The number of amidine groups is 1. The Labute approximate surface area is 188 Å². The smallest absolute Gasteiger partial charge is 0.232 e. The van der Waals surface area contributed by atoms with Crippen LogP contribution in [-0.2, 0) is 11.2 Å². The minimum Gasteiger partial charge on any atom is -0.309 e. The predicted octanol–water partition coefficient (Wildman–Crippen LogP) is 5.07. The van der Waals surface area contributed by atoms with Crippen LogP contribution in [0.1, 0.15) is 57.8 Å². The highest BCUT2D eigenvalue weighted by Gasteiger charge is 2.28. The lowest BCUT2D eigenvalue weighted by molar-refractivity contribution is -0.121. The summed E-state index contributed by atoms with van der Waals surface area (Å²) in [6, 6.07) is 8.08. The van der Waals surface area contributed by atoms with Crippen LogP contribution in [0.15, 0.2) is 51.0 Å². The fourth-order valence-electron chi connectivity index (χ4n) is 3.17. The summed E-state index contributed by atoms with van der Waals surface area (Å²) in [6.07, 6.45) is 4.83. The molecule has 0 bridgehead atoms. The van der Waals surface area contributed by atoms with Gasteiger partial charge >= 0.3 is 0 Å². The zero-order chi connectivity index (χ0) is 22.0. The van der Waals surface area contributed by atoms with Gasteiger partial charge in [-0.15, -0.1) is 0 Å². The van der Waals surface area contributed by atoms with Crippen LogP contribution < -0.4 is 5.32 Å². The molecule has 0 atom stereocenters. The van der Waals surface area contributed by atoms with E-state index in [1.807, 2.05) is 38.1 Å². The van der Waals surface area contributed by atoms with E-state index in [1.165, 1.54) is 17.3 Å². The molecule has 0 spiro atoms. The van der Waals surface area contributed by atoms with E-state index in [9.17, 15) is 4.79 Å². The molecule has 1 aliphatic heterocycles. The number of hydrogen-bond acceptors (Lipinski definition) is 7. The van der Waals surface area contributed by atoms with Crippen molar-refractivity contribution in [2.75, 3.05) is 11.9 Å². The highest BCUT2D eigenvalue weighted by molar-refractivity contribution is 7.99. The van der Waals surface area contributed by atoms with E-state index in [0.29, 0.717) is 29.4 Å². The van der Waals surface area contributed by atoms with Gasteiger partial charge in [-0.1, -0.05) is 39.8 Å². The average molecular weight is 436 g/mol. The molecule has 2 aliphatic rings. The van der Waals surface area contributed by atoms with Crippen molar-refractivity contribution >= 4 is 29.3 Å². The van der Waals surface area contributed by atoms with Crippen LogP contribution in [0.3, 0.4) is 0 Å². The molecule has 1 fully saturated rings. The van der Waals surface area contributed by atoms with Gasteiger partial charge in [-0.3, -0.25) is 9.79 Å². The highest BCUT2D eigenvalue weighted by Crippen LogP contribution is 2.39. The van der Waals surface area contributed by atoms with E-state index in [2.05, 4.69) is 40.2 Å². The first-order chi connectivity index (χ1) is 14.9. The number of nitrogens with zero attached hydrogens (tertiary/aromatic N) is 4. The van der Waals surface area contributed by atoms with Gasteiger partial charge < -0.3 is 5.32 Å². The zero-order valence-electron chi connectivity index (χ0n) is 18.6. The minimum atomic E-state index is 0.0574. The second kappa shape index (κ2) is 9.30. The van der Waals surface area contributed by atoms with Gasteiger partial charge in [-0.2, -0.15) is 9.97 Å². The first-order valence-corrected chi connectivity index (χ1v) is 11.8. The van der Waals surface area contributed by atoms with Crippen molar-refractivity contribution in [2.45, 2.75) is 62.9 Å². The molecule has 1 N–H and O–H groups in total. The molecule has 1 saturated carbocycles. The van der Waals surface area contributed by atoms with Crippen LogP contribution >= 0.6 is 11.8 Å². The second-order valence-electron chi connectivity index (χ2n) is 8.82. The average Bonchev–Trinajstić information content (AvgIpc) is 3.48. The van der Waals surface area contributed by atoms with Gasteiger partial charge in [-0.25, -0.2) is 4.98 Å². The number of carbonyl (C=O) groups excluding carboxylic acids is 1. The summed E-state index contributed by atoms with van der Waals surface area (Å²) >= 11 is 1.52. The summed E-state index contributed by atoms with van der Waals surface area (Å²) in [4.78, 5) is 31.5. The lowest BCUT2D eigenvalue weighted by atomic mass is 10.0. The Morgan fingerprint density at radius 1 is 1.10 bits per heavy atom. The number of anilines is 1. The van der Waals surface area contributed by atoms with E-state index < -0.39 is 0 Å². The third-order valence-corrected chi connectivity index (χ3v) is 6.34. The Hall–Kier alpha value is -2.54. The van der Waals surface area contributed by atoms with Crippen LogP contribution in [0, 0.1) is 11.8 Å². The first kappa shape index (κ1) is 21.7. The number of nitrogens with one attached hydrogen (secondary N) is 1. The van der Waals surface area contributed by atoms with Crippen molar-refractivity contribution < 1.29 is 4.79 Å². The van der Waals surface area contributed by atoms with E-state index in [-0.39, 0.29) is 11.7 Å². The number of rotatable bonds is 8. The molecule has 1 aliphatic carbocycles. The molecule has 2 aromatic rings. The fraction of sp³-hybridized carbons (Fsp3) is 0.458. The normalized spacial score (nSPS) is 15.9. The molecule has 2 heterocycles. The number of aliphatic imine (C=N–C) groups is 1. The number of benzene rings is 1. The topological polar surface area (TPSA) is 80.1 Å². The molecule has 0 amide bonds. The van der Waals surface area contributed by atoms with E-state index in [4.69, 9.17) is 4.98 Å². The molecule has 1 aromatic carbocycles. The van der Waals surface area contributed by atoms with Crippen molar-refractivity contribution in [1.82, 2.24) is 15.0 Å². The summed E-state index contributed by atoms with van der Waals surface area (Å²) in [5.74, 6) is 3.44. The van der Waals surface area contributed by atoms with Gasteiger partial charge in [0.1, 0.15) is 17.4 Å². The van der Waals surface area contributed by atoms with Gasteiger partial charge in [-0.05, 0) is 59.9 Å². The summed E-state index contributed by atoms with van der Waals surface area (Å²) in [5, 5.41) is 3.95. The Kier molecular flexibility index (Phi) is 6.51. The number of aromatic nitrogens is 3. The molecule has 162 valence electrons. The SMILES string of the molecule is CC(C)C(=O)Cc1ccc(Sc2nc(NC3=NCC(C(C)C)=C3)nc(C3CC3)n2)cc1. The van der Waals surface area contributed by atoms with Gasteiger partial charge in [0.05, 0.1) is 6.54 Å². The molecule has 7 heteroatoms. The Morgan fingerprint density at radius 2 is 1.84 bits per heavy atom. The number of hydrogen-bond donors (Lipinski definition) is 1. The molecule has 1 aromatic heterocycles. The number of ketones is 1. The van der Waals surface area contributed by atoms with E-state index in [0.717, 1.165) is 41.5 Å². The zero-order valence-corrected chi connectivity index (χ0v) is 19.4. The maximum Gasteiger partial charge on any atom is 0.232 e. The summed E-state index contributed by atoms with van der Waals surface area (Å²) in [7, 11) is 0. The molecule has 0 saturated heterocycles. The largest absolute Gasteiger partial charge is 0.309 e.